The van der Waals surface area contributed by atoms with Gasteiger partial charge < -0.3 is 9.47 Å². The summed E-state index contributed by atoms with van der Waals surface area (Å²) in [6.45, 7) is -0.129. The van der Waals surface area contributed by atoms with E-state index in [9.17, 15) is 18.0 Å². The molecule has 0 aliphatic rings. The molecule has 0 amide bonds. The molecule has 0 fully saturated rings. The maximum absolute atomic E-state index is 12.8. The van der Waals surface area contributed by atoms with Crippen LogP contribution in [0.3, 0.4) is 0 Å². The summed E-state index contributed by atoms with van der Waals surface area (Å²) in [5.41, 5.74) is 0.0330. The van der Waals surface area contributed by atoms with Crippen molar-refractivity contribution in [3.05, 3.63) is 70.4 Å². The van der Waals surface area contributed by atoms with Crippen molar-refractivity contribution < 1.29 is 27.4 Å². The minimum absolute atomic E-state index is 0.0198. The molecule has 0 spiro atoms. The van der Waals surface area contributed by atoms with Gasteiger partial charge in [0.25, 0.3) is 0 Å². The molecule has 1 heterocycles. The van der Waals surface area contributed by atoms with Crippen LogP contribution in [0.1, 0.15) is 21.6 Å². The maximum atomic E-state index is 12.8. The summed E-state index contributed by atoms with van der Waals surface area (Å²) in [6, 6.07) is 11.0. The second kappa shape index (κ2) is 7.44. The normalized spacial score (nSPS) is 11.4. The van der Waals surface area contributed by atoms with Crippen LogP contribution in [0.5, 0.6) is 5.75 Å². The first kappa shape index (κ1) is 19.0. The largest absolute Gasteiger partial charge is 0.488 e. The third-order valence-corrected chi connectivity index (χ3v) is 4.01. The van der Waals surface area contributed by atoms with Gasteiger partial charge in [0.05, 0.1) is 18.2 Å². The predicted octanol–water partition coefficient (Wildman–Crippen LogP) is 5.27. The van der Waals surface area contributed by atoms with Crippen molar-refractivity contribution in [3.63, 3.8) is 0 Å². The topological polar surface area (TPSA) is 48.4 Å². The van der Waals surface area contributed by atoms with Crippen LogP contribution >= 0.6 is 11.6 Å². The molecule has 1 aromatic heterocycles. The van der Waals surface area contributed by atoms with Crippen LogP contribution in [0.2, 0.25) is 5.02 Å². The van der Waals surface area contributed by atoms with Crippen LogP contribution in [0.25, 0.3) is 10.9 Å². The first-order valence-corrected chi connectivity index (χ1v) is 8.13. The minimum Gasteiger partial charge on any atom is -0.488 e. The van der Waals surface area contributed by atoms with Gasteiger partial charge in [0.15, 0.2) is 5.69 Å². The monoisotopic (exact) mass is 395 g/mol. The molecule has 0 radical (unpaired) electrons. The van der Waals surface area contributed by atoms with Gasteiger partial charge in [0.2, 0.25) is 0 Å². The second-order valence-corrected chi connectivity index (χ2v) is 6.08. The Hall–Kier alpha value is -2.80. The van der Waals surface area contributed by atoms with Gasteiger partial charge in [-0.05, 0) is 35.9 Å². The molecule has 0 aliphatic heterocycles. The number of carbonyl (C=O) groups excluding carboxylic acids is 1. The highest BCUT2D eigenvalue weighted by Gasteiger charge is 2.30. The summed E-state index contributed by atoms with van der Waals surface area (Å²) in [5, 5.41) is 0.959. The molecular formula is C19H13ClF3NO3. The average Bonchev–Trinajstić information content (AvgIpc) is 2.65. The third kappa shape index (κ3) is 4.31. The number of ether oxygens (including phenoxy) is 2. The quantitative estimate of drug-likeness (QED) is 0.564. The Balaban J connectivity index is 1.96. The number of methoxy groups -OCH3 is 1. The van der Waals surface area contributed by atoms with E-state index in [0.717, 1.165) is 12.1 Å². The second-order valence-electron chi connectivity index (χ2n) is 5.65. The van der Waals surface area contributed by atoms with Crippen molar-refractivity contribution in [2.75, 3.05) is 7.11 Å². The molecule has 0 bridgehead atoms. The molecule has 4 nitrogen and oxygen atoms in total. The molecule has 0 saturated carbocycles. The van der Waals surface area contributed by atoms with Crippen LogP contribution < -0.4 is 4.74 Å². The lowest BCUT2D eigenvalue weighted by atomic mass is 10.1. The van der Waals surface area contributed by atoms with Crippen LogP contribution in [-0.2, 0) is 17.5 Å². The van der Waals surface area contributed by atoms with Gasteiger partial charge in [-0.15, -0.1) is 0 Å². The van der Waals surface area contributed by atoms with E-state index in [4.69, 9.17) is 16.3 Å². The summed E-state index contributed by atoms with van der Waals surface area (Å²) >= 11 is 6.01. The van der Waals surface area contributed by atoms with Crippen LogP contribution in [0.15, 0.2) is 48.5 Å². The first-order valence-electron chi connectivity index (χ1n) is 7.75. The number of hydrogen-bond donors (Lipinski definition) is 0. The Morgan fingerprint density at radius 3 is 2.63 bits per heavy atom. The fraction of sp³-hybridized carbons (Fsp3) is 0.158. The van der Waals surface area contributed by atoms with E-state index < -0.39 is 17.7 Å². The van der Waals surface area contributed by atoms with Gasteiger partial charge in [-0.25, -0.2) is 9.78 Å². The van der Waals surface area contributed by atoms with E-state index >= 15 is 0 Å². The van der Waals surface area contributed by atoms with Crippen molar-refractivity contribution >= 4 is 28.5 Å². The number of benzene rings is 2. The lowest BCUT2D eigenvalue weighted by molar-refractivity contribution is -0.137. The van der Waals surface area contributed by atoms with E-state index in [1.165, 1.54) is 25.3 Å². The Morgan fingerprint density at radius 1 is 1.15 bits per heavy atom. The number of rotatable bonds is 4. The molecule has 0 unspecified atom stereocenters. The molecule has 27 heavy (non-hydrogen) atoms. The molecule has 8 heteroatoms. The number of aromatic nitrogens is 1. The fourth-order valence-corrected chi connectivity index (χ4v) is 2.67. The van der Waals surface area contributed by atoms with E-state index in [1.807, 2.05) is 0 Å². The Morgan fingerprint density at radius 2 is 1.93 bits per heavy atom. The number of halogens is 4. The minimum atomic E-state index is -4.44. The number of fused-ring (bicyclic) bond motifs is 1. The number of nitrogens with zero attached hydrogens (tertiary/aromatic N) is 1. The molecule has 0 saturated heterocycles. The van der Waals surface area contributed by atoms with E-state index in [2.05, 4.69) is 9.72 Å². The number of alkyl halides is 3. The molecule has 140 valence electrons. The highest BCUT2D eigenvalue weighted by molar-refractivity contribution is 6.31. The first-order chi connectivity index (χ1) is 12.8. The summed E-state index contributed by atoms with van der Waals surface area (Å²) < 4.78 is 48.9. The number of pyridine rings is 1. The fourth-order valence-electron chi connectivity index (χ4n) is 2.49. The summed E-state index contributed by atoms with van der Waals surface area (Å²) in [5.74, 6) is -0.393. The van der Waals surface area contributed by atoms with Gasteiger partial charge >= 0.3 is 12.1 Å². The van der Waals surface area contributed by atoms with Crippen LogP contribution in [-0.4, -0.2) is 18.1 Å². The molecular weight excluding hydrogens is 383 g/mol. The van der Waals surface area contributed by atoms with Gasteiger partial charge in [0, 0.05) is 16.5 Å². The number of esters is 1. The zero-order valence-corrected chi connectivity index (χ0v) is 14.8. The molecule has 2 aromatic carbocycles. The van der Waals surface area contributed by atoms with E-state index in [0.29, 0.717) is 21.5 Å². The Kier molecular flexibility index (Phi) is 5.23. The lowest BCUT2D eigenvalue weighted by Gasteiger charge is -2.12. The molecule has 0 aliphatic carbocycles. The van der Waals surface area contributed by atoms with Gasteiger partial charge in [-0.2, -0.15) is 13.2 Å². The lowest BCUT2D eigenvalue weighted by Crippen LogP contribution is -2.07. The maximum Gasteiger partial charge on any atom is 0.416 e. The zero-order valence-electron chi connectivity index (χ0n) is 14.0. The smallest absolute Gasteiger partial charge is 0.416 e. The predicted molar refractivity (Wildman–Crippen MR) is 93.9 cm³/mol. The average molecular weight is 396 g/mol. The Labute approximate surface area is 157 Å². The van der Waals surface area contributed by atoms with Crippen LogP contribution in [0.4, 0.5) is 13.2 Å². The summed E-state index contributed by atoms with van der Waals surface area (Å²) in [4.78, 5) is 16.0. The highest BCUT2D eigenvalue weighted by Crippen LogP contribution is 2.31. The molecule has 3 aromatic rings. The Bertz CT molecular complexity index is 1010. The third-order valence-electron chi connectivity index (χ3n) is 3.78. The summed E-state index contributed by atoms with van der Waals surface area (Å²) in [6.07, 6.45) is -4.44. The number of hydrogen-bond acceptors (Lipinski definition) is 4. The van der Waals surface area contributed by atoms with Crippen molar-refractivity contribution in [1.29, 1.82) is 0 Å². The van der Waals surface area contributed by atoms with Crippen molar-refractivity contribution in [3.8, 4) is 5.75 Å². The van der Waals surface area contributed by atoms with Crippen molar-refractivity contribution in [2.45, 2.75) is 12.8 Å². The molecule has 0 atom stereocenters. The van der Waals surface area contributed by atoms with Crippen molar-refractivity contribution in [2.24, 2.45) is 0 Å². The molecule has 0 N–H and O–H groups in total. The SMILES string of the molecule is COC(=O)c1cc(OCc2cccc(C(F)(F)F)c2)c2cc(Cl)ccc2n1. The zero-order chi connectivity index (χ0) is 19.6. The highest BCUT2D eigenvalue weighted by atomic mass is 35.5. The van der Waals surface area contributed by atoms with Gasteiger partial charge in [0.1, 0.15) is 12.4 Å². The number of carbonyl (C=O) groups is 1. The molecule has 3 rings (SSSR count). The summed E-state index contributed by atoms with van der Waals surface area (Å²) in [7, 11) is 1.22. The van der Waals surface area contributed by atoms with Crippen molar-refractivity contribution in [1.82, 2.24) is 4.98 Å². The van der Waals surface area contributed by atoms with Gasteiger partial charge in [-0.1, -0.05) is 23.7 Å². The standard InChI is InChI=1S/C19H13ClF3NO3/c1-26-18(25)16-9-17(14-8-13(20)5-6-15(14)24-16)27-10-11-3-2-4-12(7-11)19(21,22)23/h2-9H,10H2,1H3. The van der Waals surface area contributed by atoms with E-state index in [1.54, 1.807) is 18.2 Å². The van der Waals surface area contributed by atoms with Gasteiger partial charge in [-0.3, -0.25) is 0 Å². The van der Waals surface area contributed by atoms with E-state index in [-0.39, 0.29) is 18.1 Å². The van der Waals surface area contributed by atoms with Crippen LogP contribution in [0, 0.1) is 0 Å².